The van der Waals surface area contributed by atoms with Crippen LogP contribution in [0.3, 0.4) is 0 Å². The van der Waals surface area contributed by atoms with Gasteiger partial charge in [-0.15, -0.1) is 11.3 Å². The summed E-state index contributed by atoms with van der Waals surface area (Å²) in [4.78, 5) is 13.1. The van der Waals surface area contributed by atoms with Crippen LogP contribution in [-0.4, -0.2) is 5.78 Å². The molecule has 1 fully saturated rings. The Kier molecular flexibility index (Phi) is 3.04. The van der Waals surface area contributed by atoms with Crippen LogP contribution in [0, 0.1) is 5.92 Å². The fourth-order valence-corrected chi connectivity index (χ4v) is 3.18. The monoisotopic (exact) mass is 256 g/mol. The summed E-state index contributed by atoms with van der Waals surface area (Å²) >= 11 is 1.55. The van der Waals surface area contributed by atoms with Crippen LogP contribution in [-0.2, 0) is 6.42 Å². The summed E-state index contributed by atoms with van der Waals surface area (Å²) in [5.41, 5.74) is 2.68. The molecule has 1 nitrogen and oxygen atoms in total. The molecule has 2 heteroatoms. The van der Waals surface area contributed by atoms with E-state index in [0.29, 0.717) is 11.7 Å². The van der Waals surface area contributed by atoms with E-state index in [1.54, 1.807) is 11.3 Å². The number of thiophene rings is 1. The van der Waals surface area contributed by atoms with E-state index in [1.807, 2.05) is 17.5 Å². The van der Waals surface area contributed by atoms with Crippen LogP contribution in [0.15, 0.2) is 41.8 Å². The van der Waals surface area contributed by atoms with Gasteiger partial charge in [0.05, 0.1) is 4.88 Å². The van der Waals surface area contributed by atoms with Gasteiger partial charge in [0, 0.05) is 5.92 Å². The smallest absolute Gasteiger partial charge is 0.176 e. The van der Waals surface area contributed by atoms with Gasteiger partial charge in [0.2, 0.25) is 0 Å². The molecule has 0 bridgehead atoms. The van der Waals surface area contributed by atoms with Crippen molar-refractivity contribution in [2.45, 2.75) is 25.7 Å². The number of hydrogen-bond acceptors (Lipinski definition) is 2. The highest BCUT2D eigenvalue weighted by atomic mass is 32.1. The van der Waals surface area contributed by atoms with Crippen molar-refractivity contribution in [3.63, 3.8) is 0 Å². The van der Waals surface area contributed by atoms with Crippen molar-refractivity contribution in [2.75, 3.05) is 0 Å². The highest BCUT2D eigenvalue weighted by Gasteiger charge is 2.44. The van der Waals surface area contributed by atoms with E-state index in [-0.39, 0.29) is 5.92 Å². The molecule has 1 aliphatic rings. The third-order valence-corrected chi connectivity index (χ3v) is 4.59. The molecular formula is C16H16OS. The topological polar surface area (TPSA) is 17.1 Å². The SMILES string of the molecule is CCc1ccc(C2CC2C(=O)c2cccs2)cc1. The molecule has 0 N–H and O–H groups in total. The molecule has 18 heavy (non-hydrogen) atoms. The first-order chi connectivity index (χ1) is 8.79. The zero-order chi connectivity index (χ0) is 12.5. The molecule has 0 amide bonds. The van der Waals surface area contributed by atoms with E-state index in [1.165, 1.54) is 11.1 Å². The van der Waals surface area contributed by atoms with Gasteiger partial charge in [0.25, 0.3) is 0 Å². The average Bonchev–Trinajstić information content (AvgIpc) is 3.03. The van der Waals surface area contributed by atoms with Crippen molar-refractivity contribution in [1.29, 1.82) is 0 Å². The van der Waals surface area contributed by atoms with Gasteiger partial charge < -0.3 is 0 Å². The third kappa shape index (κ3) is 2.13. The standard InChI is InChI=1S/C16H16OS/c1-2-11-5-7-12(8-6-11)13-10-14(13)16(17)15-4-3-9-18-15/h3-9,13-14H,2,10H2,1H3. The highest BCUT2D eigenvalue weighted by Crippen LogP contribution is 2.49. The van der Waals surface area contributed by atoms with Crippen molar-refractivity contribution in [1.82, 2.24) is 0 Å². The molecule has 1 aliphatic carbocycles. The van der Waals surface area contributed by atoms with Gasteiger partial charge in [-0.1, -0.05) is 37.3 Å². The first-order valence-corrected chi connectivity index (χ1v) is 7.34. The molecule has 0 spiro atoms. The minimum Gasteiger partial charge on any atom is -0.293 e. The van der Waals surface area contributed by atoms with Crippen molar-refractivity contribution in [2.24, 2.45) is 5.92 Å². The molecule has 1 aromatic heterocycles. The zero-order valence-electron chi connectivity index (χ0n) is 10.4. The Hall–Kier alpha value is -1.41. The van der Waals surface area contributed by atoms with Gasteiger partial charge in [-0.05, 0) is 41.3 Å². The first kappa shape index (κ1) is 11.7. The number of ketones is 1. The summed E-state index contributed by atoms with van der Waals surface area (Å²) < 4.78 is 0. The number of hydrogen-bond donors (Lipinski definition) is 0. The number of carbonyl (C=O) groups excluding carboxylic acids is 1. The van der Waals surface area contributed by atoms with E-state index in [2.05, 4.69) is 31.2 Å². The van der Waals surface area contributed by atoms with E-state index < -0.39 is 0 Å². The normalized spacial score (nSPS) is 21.8. The van der Waals surface area contributed by atoms with Gasteiger partial charge in [0.1, 0.15) is 0 Å². The molecule has 92 valence electrons. The van der Waals surface area contributed by atoms with Gasteiger partial charge >= 0.3 is 0 Å². The number of carbonyl (C=O) groups is 1. The maximum atomic E-state index is 12.2. The lowest BCUT2D eigenvalue weighted by Gasteiger charge is -2.01. The summed E-state index contributed by atoms with van der Waals surface area (Å²) in [7, 11) is 0. The van der Waals surface area contributed by atoms with Crippen LogP contribution in [0.1, 0.15) is 40.1 Å². The van der Waals surface area contributed by atoms with Crippen LogP contribution in [0.2, 0.25) is 0 Å². The van der Waals surface area contributed by atoms with Crippen LogP contribution in [0.5, 0.6) is 0 Å². The number of rotatable bonds is 4. The Balaban J connectivity index is 1.71. The summed E-state index contributed by atoms with van der Waals surface area (Å²) in [5, 5.41) is 1.97. The second kappa shape index (κ2) is 4.69. The van der Waals surface area contributed by atoms with Crippen LogP contribution < -0.4 is 0 Å². The van der Waals surface area contributed by atoms with Gasteiger partial charge in [-0.25, -0.2) is 0 Å². The molecule has 2 atom stereocenters. The molecule has 2 unspecified atom stereocenters. The molecule has 0 saturated heterocycles. The largest absolute Gasteiger partial charge is 0.293 e. The molecule has 1 saturated carbocycles. The fraction of sp³-hybridized carbons (Fsp3) is 0.312. The van der Waals surface area contributed by atoms with Crippen LogP contribution >= 0.6 is 11.3 Å². The molecule has 3 rings (SSSR count). The Morgan fingerprint density at radius 2 is 2.06 bits per heavy atom. The lowest BCUT2D eigenvalue weighted by molar-refractivity contribution is 0.0969. The van der Waals surface area contributed by atoms with Crippen molar-refractivity contribution < 1.29 is 4.79 Å². The van der Waals surface area contributed by atoms with Gasteiger partial charge in [0.15, 0.2) is 5.78 Å². The summed E-state index contributed by atoms with van der Waals surface area (Å²) in [6, 6.07) is 12.6. The van der Waals surface area contributed by atoms with Crippen molar-refractivity contribution in [3.05, 3.63) is 57.8 Å². The summed E-state index contributed by atoms with van der Waals surface area (Å²) in [6.07, 6.45) is 2.09. The Labute approximate surface area is 111 Å². The van der Waals surface area contributed by atoms with Gasteiger partial charge in [-0.3, -0.25) is 4.79 Å². The predicted octanol–water partition coefficient (Wildman–Crippen LogP) is 4.30. The zero-order valence-corrected chi connectivity index (χ0v) is 11.2. The minimum absolute atomic E-state index is 0.219. The number of aryl methyl sites for hydroxylation is 1. The quantitative estimate of drug-likeness (QED) is 0.745. The van der Waals surface area contributed by atoms with E-state index >= 15 is 0 Å². The lowest BCUT2D eigenvalue weighted by atomic mass is 10.0. The van der Waals surface area contributed by atoms with Crippen molar-refractivity contribution in [3.8, 4) is 0 Å². The minimum atomic E-state index is 0.219. The number of Topliss-reactive ketones (excluding diaryl/α,β-unsaturated/α-hetero) is 1. The maximum Gasteiger partial charge on any atom is 0.176 e. The lowest BCUT2D eigenvalue weighted by Crippen LogP contribution is -2.00. The molecule has 2 aromatic rings. The number of benzene rings is 1. The van der Waals surface area contributed by atoms with Crippen LogP contribution in [0.4, 0.5) is 0 Å². The second-order valence-corrected chi connectivity index (χ2v) is 5.83. The molecule has 0 radical (unpaired) electrons. The average molecular weight is 256 g/mol. The molecule has 1 heterocycles. The van der Waals surface area contributed by atoms with Crippen LogP contribution in [0.25, 0.3) is 0 Å². The van der Waals surface area contributed by atoms with Gasteiger partial charge in [-0.2, -0.15) is 0 Å². The molecular weight excluding hydrogens is 240 g/mol. The first-order valence-electron chi connectivity index (χ1n) is 6.46. The molecule has 0 aliphatic heterocycles. The molecule has 1 aromatic carbocycles. The Morgan fingerprint density at radius 1 is 1.28 bits per heavy atom. The maximum absolute atomic E-state index is 12.2. The fourth-order valence-electron chi connectivity index (χ4n) is 2.46. The van der Waals surface area contributed by atoms with Crippen molar-refractivity contribution >= 4 is 17.1 Å². The second-order valence-electron chi connectivity index (χ2n) is 4.89. The van der Waals surface area contributed by atoms with E-state index in [4.69, 9.17) is 0 Å². The highest BCUT2D eigenvalue weighted by molar-refractivity contribution is 7.12. The Bertz CT molecular complexity index is 539. The Morgan fingerprint density at radius 3 is 2.67 bits per heavy atom. The third-order valence-electron chi connectivity index (χ3n) is 3.71. The van der Waals surface area contributed by atoms with E-state index in [0.717, 1.165) is 17.7 Å². The summed E-state index contributed by atoms with van der Waals surface area (Å²) in [5.74, 6) is 0.996. The van der Waals surface area contributed by atoms with E-state index in [9.17, 15) is 4.79 Å². The predicted molar refractivity (Wildman–Crippen MR) is 75.3 cm³/mol. The summed E-state index contributed by atoms with van der Waals surface area (Å²) in [6.45, 7) is 2.16.